The SMILES string of the molecule is CC1(C)OC(=O)c2ccc(-c3ccc4c(c3)CC[C@@H](CN(C[C@@H](O[Si](C)(C)C(C)(C)C)c3cccnc3)C(=O)O)O4)cc2O1. The number of carbonyl (C=O) groups is 2. The molecule has 2 aliphatic heterocycles. The zero-order valence-corrected chi connectivity index (χ0v) is 27.5. The lowest BCUT2D eigenvalue weighted by Gasteiger charge is -2.40. The molecular weight excluding hydrogens is 576 g/mol. The summed E-state index contributed by atoms with van der Waals surface area (Å²) in [6, 6.07) is 15.2. The van der Waals surface area contributed by atoms with E-state index in [2.05, 4.69) is 44.9 Å². The molecule has 0 spiro atoms. The van der Waals surface area contributed by atoms with Crippen molar-refractivity contribution < 1.29 is 33.3 Å². The fourth-order valence-corrected chi connectivity index (χ4v) is 6.53. The normalized spacial score (nSPS) is 18.2. The Morgan fingerprint density at radius 3 is 2.52 bits per heavy atom. The van der Waals surface area contributed by atoms with Gasteiger partial charge in [-0.05, 0) is 83.6 Å². The lowest BCUT2D eigenvalue weighted by atomic mass is 9.96. The summed E-state index contributed by atoms with van der Waals surface area (Å²) in [5.74, 6) is -0.189. The number of amides is 1. The largest absolute Gasteiger partial charge is 0.488 e. The summed E-state index contributed by atoms with van der Waals surface area (Å²) in [4.78, 5) is 30.5. The number of aryl methyl sites for hydroxylation is 1. The number of nitrogens with zero attached hydrogens (tertiary/aromatic N) is 2. The first-order chi connectivity index (χ1) is 20.6. The maximum atomic E-state index is 12.5. The molecule has 0 unspecified atom stereocenters. The number of cyclic esters (lactones) is 1. The standard InChI is InChI=1S/C34H42N2O7Si/c1-33(2,3)44(6,7)43-30(25-9-8-16-35-19-25)21-36(32(38)39)20-26-13-10-24-17-22(12-15-28(24)40-26)23-11-14-27-29(18-23)41-34(4,5)42-31(27)37/h8-9,11-12,14-19,26,30H,10,13,20-21H2,1-7H3,(H,38,39)/t26-,30+/m0/s1. The number of fused-ring (bicyclic) bond motifs is 2. The summed E-state index contributed by atoms with van der Waals surface area (Å²) in [5.41, 5.74) is 4.20. The Morgan fingerprint density at radius 1 is 1.11 bits per heavy atom. The Bertz CT molecular complexity index is 1530. The minimum Gasteiger partial charge on any atom is -0.488 e. The summed E-state index contributed by atoms with van der Waals surface area (Å²) in [7, 11) is -2.21. The number of esters is 1. The molecule has 0 radical (unpaired) electrons. The number of hydrogen-bond acceptors (Lipinski definition) is 7. The Hall–Kier alpha value is -3.89. The number of aromatic nitrogens is 1. The summed E-state index contributed by atoms with van der Waals surface area (Å²) in [6.45, 7) is 14.7. The van der Waals surface area contributed by atoms with Gasteiger partial charge in [-0.3, -0.25) is 4.98 Å². The van der Waals surface area contributed by atoms with Crippen LogP contribution in [0.3, 0.4) is 0 Å². The fourth-order valence-electron chi connectivity index (χ4n) is 5.26. The maximum absolute atomic E-state index is 12.5. The van der Waals surface area contributed by atoms with Gasteiger partial charge in [0.05, 0.1) is 19.2 Å². The smallest absolute Gasteiger partial charge is 0.407 e. The van der Waals surface area contributed by atoms with E-state index in [1.165, 1.54) is 4.90 Å². The molecule has 9 nitrogen and oxygen atoms in total. The summed E-state index contributed by atoms with van der Waals surface area (Å²) in [6.07, 6.45) is 3.14. The Balaban J connectivity index is 1.31. The summed E-state index contributed by atoms with van der Waals surface area (Å²) >= 11 is 0. The first-order valence-electron chi connectivity index (χ1n) is 15.0. The average Bonchev–Trinajstić information content (AvgIpc) is 2.95. The minimum absolute atomic E-state index is 0.0366. The second-order valence-corrected chi connectivity index (χ2v) is 18.3. The zero-order valence-electron chi connectivity index (χ0n) is 26.5. The molecule has 3 heterocycles. The predicted molar refractivity (Wildman–Crippen MR) is 170 cm³/mol. The lowest BCUT2D eigenvalue weighted by molar-refractivity contribution is -0.127. The Morgan fingerprint density at radius 2 is 1.84 bits per heavy atom. The maximum Gasteiger partial charge on any atom is 0.407 e. The Labute approximate surface area is 260 Å². The van der Waals surface area contributed by atoms with Gasteiger partial charge in [0.25, 0.3) is 0 Å². The van der Waals surface area contributed by atoms with Gasteiger partial charge >= 0.3 is 12.1 Å². The Kier molecular flexibility index (Phi) is 8.52. The van der Waals surface area contributed by atoms with Crippen LogP contribution in [-0.4, -0.2) is 60.4 Å². The molecule has 1 aromatic heterocycles. The van der Waals surface area contributed by atoms with Gasteiger partial charge in [0.2, 0.25) is 5.79 Å². The van der Waals surface area contributed by atoms with E-state index in [4.69, 9.17) is 18.6 Å². The van der Waals surface area contributed by atoms with E-state index in [9.17, 15) is 14.7 Å². The first kappa shape index (κ1) is 31.5. The van der Waals surface area contributed by atoms with Crippen LogP contribution in [-0.2, 0) is 15.6 Å². The van der Waals surface area contributed by atoms with E-state index >= 15 is 0 Å². The summed E-state index contributed by atoms with van der Waals surface area (Å²) < 4.78 is 24.3. The molecule has 44 heavy (non-hydrogen) atoms. The van der Waals surface area contributed by atoms with Gasteiger partial charge in [0.1, 0.15) is 23.2 Å². The van der Waals surface area contributed by atoms with Crippen molar-refractivity contribution in [3.8, 4) is 22.6 Å². The molecule has 5 rings (SSSR count). The molecule has 0 fully saturated rings. The van der Waals surface area contributed by atoms with E-state index in [0.717, 1.165) is 34.4 Å². The van der Waals surface area contributed by atoms with Crippen LogP contribution in [0.15, 0.2) is 60.9 Å². The molecule has 0 saturated heterocycles. The van der Waals surface area contributed by atoms with Gasteiger partial charge in [-0.15, -0.1) is 0 Å². The topological polar surface area (TPSA) is 107 Å². The fraction of sp³-hybridized carbons (Fsp3) is 0.441. The van der Waals surface area contributed by atoms with E-state index < -0.39 is 32.3 Å². The van der Waals surface area contributed by atoms with E-state index in [1.807, 2.05) is 36.4 Å². The highest BCUT2D eigenvalue weighted by Gasteiger charge is 2.40. The number of carboxylic acid groups (broad SMARTS) is 1. The van der Waals surface area contributed by atoms with Crippen LogP contribution in [0.25, 0.3) is 11.1 Å². The molecule has 2 atom stereocenters. The molecule has 2 aliphatic rings. The van der Waals surface area contributed by atoms with Crippen LogP contribution >= 0.6 is 0 Å². The second-order valence-electron chi connectivity index (χ2n) is 13.5. The van der Waals surface area contributed by atoms with Gasteiger partial charge in [0, 0.05) is 26.2 Å². The third-order valence-corrected chi connectivity index (χ3v) is 13.2. The molecular formula is C34H42N2O7Si. The monoisotopic (exact) mass is 618 g/mol. The van der Waals surface area contributed by atoms with Crippen molar-refractivity contribution >= 4 is 20.4 Å². The predicted octanol–water partition coefficient (Wildman–Crippen LogP) is 7.47. The van der Waals surface area contributed by atoms with Gasteiger partial charge in [-0.1, -0.05) is 39.0 Å². The first-order valence-corrected chi connectivity index (χ1v) is 17.9. The highest BCUT2D eigenvalue weighted by atomic mass is 28.4. The van der Waals surface area contributed by atoms with Gasteiger partial charge < -0.3 is 28.6 Å². The van der Waals surface area contributed by atoms with Crippen LogP contribution in [0.5, 0.6) is 11.5 Å². The van der Waals surface area contributed by atoms with Crippen molar-refractivity contribution in [2.24, 2.45) is 0 Å². The molecule has 3 aromatic rings. The molecule has 0 bridgehead atoms. The van der Waals surface area contributed by atoms with Crippen LogP contribution in [0, 0.1) is 0 Å². The molecule has 0 saturated carbocycles. The van der Waals surface area contributed by atoms with Crippen molar-refractivity contribution in [2.45, 2.75) is 83.6 Å². The quantitative estimate of drug-likeness (QED) is 0.205. The molecule has 2 aromatic carbocycles. The van der Waals surface area contributed by atoms with Crippen LogP contribution in [0.2, 0.25) is 18.1 Å². The van der Waals surface area contributed by atoms with Crippen molar-refractivity contribution in [3.63, 3.8) is 0 Å². The second kappa shape index (κ2) is 11.9. The number of ether oxygens (including phenoxy) is 3. The lowest BCUT2D eigenvalue weighted by Crippen LogP contribution is -2.46. The average molecular weight is 619 g/mol. The van der Waals surface area contributed by atoms with Crippen LogP contribution in [0.1, 0.15) is 68.6 Å². The van der Waals surface area contributed by atoms with Crippen molar-refractivity contribution in [3.05, 3.63) is 77.6 Å². The number of pyridine rings is 1. The number of carbonyl (C=O) groups excluding carboxylic acids is 1. The molecule has 10 heteroatoms. The van der Waals surface area contributed by atoms with Gasteiger partial charge in [-0.25, -0.2) is 9.59 Å². The molecule has 0 aliphatic carbocycles. The van der Waals surface area contributed by atoms with Crippen LogP contribution in [0.4, 0.5) is 4.79 Å². The van der Waals surface area contributed by atoms with Gasteiger partial charge in [-0.2, -0.15) is 0 Å². The molecule has 234 valence electrons. The van der Waals surface area contributed by atoms with E-state index in [1.54, 1.807) is 32.3 Å². The highest BCUT2D eigenvalue weighted by molar-refractivity contribution is 6.74. The minimum atomic E-state index is -2.21. The third kappa shape index (κ3) is 6.92. The van der Waals surface area contributed by atoms with Crippen molar-refractivity contribution in [2.75, 3.05) is 13.1 Å². The zero-order chi connectivity index (χ0) is 31.9. The van der Waals surface area contributed by atoms with Crippen molar-refractivity contribution in [1.82, 2.24) is 9.88 Å². The van der Waals surface area contributed by atoms with Gasteiger partial charge in [0.15, 0.2) is 8.32 Å². The molecule has 1 N–H and O–H groups in total. The third-order valence-electron chi connectivity index (χ3n) is 8.70. The highest BCUT2D eigenvalue weighted by Crippen LogP contribution is 2.40. The molecule has 1 amide bonds. The summed E-state index contributed by atoms with van der Waals surface area (Å²) in [5, 5.41) is 10.2. The van der Waals surface area contributed by atoms with Crippen LogP contribution < -0.4 is 9.47 Å². The number of rotatable bonds is 8. The van der Waals surface area contributed by atoms with E-state index in [0.29, 0.717) is 17.7 Å². The van der Waals surface area contributed by atoms with E-state index in [-0.39, 0.29) is 24.2 Å². The number of hydrogen-bond donors (Lipinski definition) is 1. The van der Waals surface area contributed by atoms with Crippen molar-refractivity contribution in [1.29, 1.82) is 0 Å². The number of benzene rings is 2.